The van der Waals surface area contributed by atoms with Gasteiger partial charge in [-0.1, -0.05) is 0 Å². The summed E-state index contributed by atoms with van der Waals surface area (Å²) in [4.78, 5) is 21.7. The van der Waals surface area contributed by atoms with Gasteiger partial charge in [0, 0.05) is 19.2 Å². The van der Waals surface area contributed by atoms with E-state index in [1.54, 1.807) is 0 Å². The van der Waals surface area contributed by atoms with Gasteiger partial charge in [0.15, 0.2) is 0 Å². The molecule has 6 nitrogen and oxygen atoms in total. The van der Waals surface area contributed by atoms with Crippen LogP contribution in [-0.2, 0) is 0 Å². The van der Waals surface area contributed by atoms with Crippen molar-refractivity contribution in [3.05, 3.63) is 39.7 Å². The molecule has 0 radical (unpaired) electrons. The number of hydrogen-bond acceptors (Lipinski definition) is 4. The molecule has 0 aliphatic heterocycles. The Balaban J connectivity index is 2.65. The molecular formula is C12H15FN2O4. The molecule has 0 aromatic heterocycles. The van der Waals surface area contributed by atoms with E-state index in [1.165, 1.54) is 0 Å². The number of aliphatic hydroxyl groups is 1. The number of nitro benzene ring substituents is 1. The third kappa shape index (κ3) is 4.63. The molecule has 0 aliphatic rings. The number of nitrogens with one attached hydrogen (secondary N) is 1. The number of nitrogens with zero attached hydrogens (tertiary/aromatic N) is 1. The second-order valence-electron chi connectivity index (χ2n) is 3.96. The van der Waals surface area contributed by atoms with E-state index in [-0.39, 0.29) is 12.2 Å². The quantitative estimate of drug-likeness (QED) is 0.447. The van der Waals surface area contributed by atoms with Gasteiger partial charge in [-0.05, 0) is 31.4 Å². The summed E-state index contributed by atoms with van der Waals surface area (Å²) in [6, 6.07) is 2.76. The first-order valence-corrected chi connectivity index (χ1v) is 5.89. The average molecular weight is 270 g/mol. The van der Waals surface area contributed by atoms with E-state index in [9.17, 15) is 19.3 Å². The summed E-state index contributed by atoms with van der Waals surface area (Å²) in [7, 11) is 0. The van der Waals surface area contributed by atoms with Crippen LogP contribution in [0.4, 0.5) is 10.1 Å². The molecule has 0 unspecified atom stereocenters. The molecule has 2 N–H and O–H groups in total. The number of carbonyl (C=O) groups is 1. The molecule has 7 heteroatoms. The summed E-state index contributed by atoms with van der Waals surface area (Å²) in [5.74, 6) is -1.37. The van der Waals surface area contributed by atoms with Gasteiger partial charge in [-0.25, -0.2) is 4.39 Å². The first-order valence-electron chi connectivity index (χ1n) is 5.89. The van der Waals surface area contributed by atoms with Crippen molar-refractivity contribution in [1.82, 2.24) is 5.32 Å². The minimum atomic E-state index is -0.722. The van der Waals surface area contributed by atoms with Crippen LogP contribution in [0, 0.1) is 15.9 Å². The highest BCUT2D eigenvalue weighted by atomic mass is 19.1. The Labute approximate surface area is 109 Å². The molecule has 0 bridgehead atoms. The maximum atomic E-state index is 13.0. The monoisotopic (exact) mass is 270 g/mol. The van der Waals surface area contributed by atoms with Crippen LogP contribution >= 0.6 is 0 Å². The largest absolute Gasteiger partial charge is 0.396 e. The lowest BCUT2D eigenvalue weighted by Gasteiger charge is -2.05. The van der Waals surface area contributed by atoms with Crippen LogP contribution in [0.3, 0.4) is 0 Å². The van der Waals surface area contributed by atoms with Crippen molar-refractivity contribution < 1.29 is 19.2 Å². The number of rotatable bonds is 7. The molecule has 1 amide bonds. The fraction of sp³-hybridized carbons (Fsp3) is 0.417. The summed E-state index contributed by atoms with van der Waals surface area (Å²) in [5.41, 5.74) is -0.707. The van der Waals surface area contributed by atoms with E-state index in [1.807, 2.05) is 0 Å². The Morgan fingerprint density at radius 3 is 2.74 bits per heavy atom. The van der Waals surface area contributed by atoms with E-state index < -0.39 is 22.3 Å². The molecule has 0 saturated carbocycles. The zero-order valence-corrected chi connectivity index (χ0v) is 10.3. The Hall–Kier alpha value is -2.02. The maximum absolute atomic E-state index is 13.0. The molecule has 0 atom stereocenters. The third-order valence-electron chi connectivity index (χ3n) is 2.52. The van der Waals surface area contributed by atoms with Crippen molar-refractivity contribution in [2.45, 2.75) is 19.3 Å². The number of hydrogen-bond donors (Lipinski definition) is 2. The topological polar surface area (TPSA) is 92.5 Å². The number of halogens is 1. The lowest BCUT2D eigenvalue weighted by Crippen LogP contribution is -2.25. The Morgan fingerprint density at radius 2 is 2.11 bits per heavy atom. The van der Waals surface area contributed by atoms with Crippen molar-refractivity contribution >= 4 is 11.6 Å². The van der Waals surface area contributed by atoms with Crippen molar-refractivity contribution in [1.29, 1.82) is 0 Å². The van der Waals surface area contributed by atoms with Crippen molar-refractivity contribution in [3.8, 4) is 0 Å². The highest BCUT2D eigenvalue weighted by Crippen LogP contribution is 2.19. The van der Waals surface area contributed by atoms with Crippen LogP contribution in [-0.4, -0.2) is 29.1 Å². The number of carbonyl (C=O) groups excluding carboxylic acids is 1. The zero-order chi connectivity index (χ0) is 14.3. The van der Waals surface area contributed by atoms with Crippen LogP contribution in [0.15, 0.2) is 18.2 Å². The smallest absolute Gasteiger partial charge is 0.282 e. The van der Waals surface area contributed by atoms with E-state index in [0.29, 0.717) is 19.4 Å². The summed E-state index contributed by atoms with van der Waals surface area (Å²) in [6.07, 6.45) is 2.02. The van der Waals surface area contributed by atoms with Gasteiger partial charge in [0.1, 0.15) is 11.4 Å². The van der Waals surface area contributed by atoms with Crippen molar-refractivity contribution in [2.24, 2.45) is 0 Å². The lowest BCUT2D eigenvalue weighted by atomic mass is 10.1. The maximum Gasteiger partial charge on any atom is 0.282 e. The molecule has 0 saturated heterocycles. The van der Waals surface area contributed by atoms with Crippen LogP contribution < -0.4 is 5.32 Å². The number of benzene rings is 1. The molecule has 0 heterocycles. The standard InChI is InChI=1S/C12H15FN2O4/c13-9-4-5-11(15(18)19)10(8-9)12(17)14-6-2-1-3-7-16/h4-5,8,16H,1-3,6-7H2,(H,14,17). The van der Waals surface area contributed by atoms with Gasteiger partial charge in [0.2, 0.25) is 0 Å². The minimum Gasteiger partial charge on any atom is -0.396 e. The Bertz CT molecular complexity index is 465. The van der Waals surface area contributed by atoms with Crippen LogP contribution in [0.5, 0.6) is 0 Å². The van der Waals surface area contributed by atoms with Crippen LogP contribution in [0.1, 0.15) is 29.6 Å². The summed E-state index contributed by atoms with van der Waals surface area (Å²) >= 11 is 0. The number of nitro groups is 1. The van der Waals surface area contributed by atoms with E-state index >= 15 is 0 Å². The van der Waals surface area contributed by atoms with Gasteiger partial charge >= 0.3 is 0 Å². The molecular weight excluding hydrogens is 255 g/mol. The van der Waals surface area contributed by atoms with Crippen LogP contribution in [0.2, 0.25) is 0 Å². The van der Waals surface area contributed by atoms with E-state index in [4.69, 9.17) is 5.11 Å². The fourth-order valence-electron chi connectivity index (χ4n) is 1.56. The molecule has 1 aromatic rings. The predicted octanol–water partition coefficient (Wildman–Crippen LogP) is 1.63. The second kappa shape index (κ2) is 7.42. The molecule has 104 valence electrons. The number of aliphatic hydroxyl groups excluding tert-OH is 1. The minimum absolute atomic E-state index is 0.0866. The highest BCUT2D eigenvalue weighted by Gasteiger charge is 2.20. The first-order chi connectivity index (χ1) is 9.06. The van der Waals surface area contributed by atoms with Gasteiger partial charge in [0.05, 0.1) is 4.92 Å². The van der Waals surface area contributed by atoms with Gasteiger partial charge in [-0.15, -0.1) is 0 Å². The fourth-order valence-corrected chi connectivity index (χ4v) is 1.56. The van der Waals surface area contributed by atoms with E-state index in [0.717, 1.165) is 24.6 Å². The Kier molecular flexibility index (Phi) is 5.87. The number of unbranched alkanes of at least 4 members (excludes halogenated alkanes) is 2. The van der Waals surface area contributed by atoms with Gasteiger partial charge < -0.3 is 10.4 Å². The SMILES string of the molecule is O=C(NCCCCCO)c1cc(F)ccc1[N+](=O)[O-]. The molecule has 19 heavy (non-hydrogen) atoms. The van der Waals surface area contributed by atoms with Crippen molar-refractivity contribution in [3.63, 3.8) is 0 Å². The molecule has 0 aliphatic carbocycles. The first kappa shape index (κ1) is 15.0. The average Bonchev–Trinajstić information content (AvgIpc) is 2.37. The molecule has 1 rings (SSSR count). The normalized spacial score (nSPS) is 10.2. The molecule has 1 aromatic carbocycles. The second-order valence-corrected chi connectivity index (χ2v) is 3.96. The van der Waals surface area contributed by atoms with Gasteiger partial charge in [0.25, 0.3) is 11.6 Å². The zero-order valence-electron chi connectivity index (χ0n) is 10.3. The summed E-state index contributed by atoms with van der Waals surface area (Å²) < 4.78 is 13.0. The van der Waals surface area contributed by atoms with Gasteiger partial charge in [-0.2, -0.15) is 0 Å². The third-order valence-corrected chi connectivity index (χ3v) is 2.52. The van der Waals surface area contributed by atoms with Crippen LogP contribution in [0.25, 0.3) is 0 Å². The molecule has 0 spiro atoms. The molecule has 0 fully saturated rings. The van der Waals surface area contributed by atoms with Gasteiger partial charge in [-0.3, -0.25) is 14.9 Å². The summed E-state index contributed by atoms with van der Waals surface area (Å²) in [5, 5.41) is 21.8. The van der Waals surface area contributed by atoms with E-state index in [2.05, 4.69) is 5.32 Å². The summed E-state index contributed by atoms with van der Waals surface area (Å²) in [6.45, 7) is 0.413. The lowest BCUT2D eigenvalue weighted by molar-refractivity contribution is -0.385. The number of amides is 1. The Morgan fingerprint density at radius 1 is 1.37 bits per heavy atom. The van der Waals surface area contributed by atoms with Crippen molar-refractivity contribution in [2.75, 3.05) is 13.2 Å². The predicted molar refractivity (Wildman–Crippen MR) is 66.3 cm³/mol. The highest BCUT2D eigenvalue weighted by molar-refractivity contribution is 5.98.